The number of aryl methyl sites for hydroxylation is 1. The van der Waals surface area contributed by atoms with Gasteiger partial charge in [-0.25, -0.2) is 0 Å². The van der Waals surface area contributed by atoms with Crippen LogP contribution in [0.5, 0.6) is 5.75 Å². The van der Waals surface area contributed by atoms with Crippen molar-refractivity contribution in [3.8, 4) is 5.75 Å². The fourth-order valence-electron chi connectivity index (χ4n) is 3.13. The fraction of sp³-hybridized carbons (Fsp3) is 0.333. The van der Waals surface area contributed by atoms with Crippen molar-refractivity contribution in [3.63, 3.8) is 0 Å². The standard InChI is InChI=1S/C21H25N3O3.ClH/c1-15-2-4-16(5-3-15)14-24-19(10-11-20(24)25)21(26)23-17-6-8-18(9-7-17)27-13-12-22;/h2-9,19H,10-14,22H2,1H3,(H,23,26);1H. The van der Waals surface area contributed by atoms with Gasteiger partial charge in [0.15, 0.2) is 0 Å². The smallest absolute Gasteiger partial charge is 0.247 e. The Hall–Kier alpha value is -2.57. The third kappa shape index (κ3) is 5.47. The number of rotatable bonds is 7. The minimum atomic E-state index is -0.452. The van der Waals surface area contributed by atoms with Gasteiger partial charge in [-0.15, -0.1) is 12.4 Å². The highest BCUT2D eigenvalue weighted by Crippen LogP contribution is 2.24. The Kier molecular flexibility index (Phi) is 7.84. The maximum atomic E-state index is 12.7. The minimum absolute atomic E-state index is 0. The van der Waals surface area contributed by atoms with E-state index >= 15 is 0 Å². The van der Waals surface area contributed by atoms with E-state index in [0.717, 1.165) is 5.56 Å². The fourth-order valence-corrected chi connectivity index (χ4v) is 3.13. The number of benzene rings is 2. The number of likely N-dealkylation sites (tertiary alicyclic amines) is 1. The van der Waals surface area contributed by atoms with Crippen molar-refractivity contribution in [2.75, 3.05) is 18.5 Å². The van der Waals surface area contributed by atoms with Crippen LogP contribution in [0.15, 0.2) is 48.5 Å². The summed E-state index contributed by atoms with van der Waals surface area (Å²) in [4.78, 5) is 26.7. The quantitative estimate of drug-likeness (QED) is 0.744. The highest BCUT2D eigenvalue weighted by molar-refractivity contribution is 5.99. The topological polar surface area (TPSA) is 84.7 Å². The summed E-state index contributed by atoms with van der Waals surface area (Å²) in [5.41, 5.74) is 8.28. The van der Waals surface area contributed by atoms with Crippen molar-refractivity contribution >= 4 is 29.9 Å². The predicted octanol–water partition coefficient (Wildman–Crippen LogP) is 2.88. The predicted molar refractivity (Wildman–Crippen MR) is 112 cm³/mol. The third-order valence-corrected chi connectivity index (χ3v) is 4.61. The lowest BCUT2D eigenvalue weighted by molar-refractivity contribution is -0.133. The van der Waals surface area contributed by atoms with E-state index in [1.807, 2.05) is 31.2 Å². The Morgan fingerprint density at radius 3 is 2.50 bits per heavy atom. The maximum absolute atomic E-state index is 12.7. The van der Waals surface area contributed by atoms with Crippen LogP contribution < -0.4 is 15.8 Å². The number of hydrogen-bond acceptors (Lipinski definition) is 4. The summed E-state index contributed by atoms with van der Waals surface area (Å²) in [7, 11) is 0. The average Bonchev–Trinajstić information content (AvgIpc) is 3.03. The summed E-state index contributed by atoms with van der Waals surface area (Å²) in [6.45, 7) is 3.37. The van der Waals surface area contributed by atoms with Crippen molar-refractivity contribution in [2.45, 2.75) is 32.4 Å². The first-order valence-electron chi connectivity index (χ1n) is 9.15. The third-order valence-electron chi connectivity index (χ3n) is 4.61. The average molecular weight is 404 g/mol. The Morgan fingerprint density at radius 2 is 1.86 bits per heavy atom. The number of nitrogens with zero attached hydrogens (tertiary/aromatic N) is 1. The van der Waals surface area contributed by atoms with Gasteiger partial charge in [-0.1, -0.05) is 29.8 Å². The molecule has 150 valence electrons. The van der Waals surface area contributed by atoms with Crippen molar-refractivity contribution in [1.82, 2.24) is 4.90 Å². The Morgan fingerprint density at radius 1 is 1.18 bits per heavy atom. The second-order valence-electron chi connectivity index (χ2n) is 6.71. The molecule has 0 aliphatic carbocycles. The lowest BCUT2D eigenvalue weighted by Gasteiger charge is -2.24. The number of carbonyl (C=O) groups is 2. The summed E-state index contributed by atoms with van der Waals surface area (Å²) >= 11 is 0. The van der Waals surface area contributed by atoms with E-state index in [0.29, 0.717) is 44.0 Å². The van der Waals surface area contributed by atoms with Crippen LogP contribution in [-0.4, -0.2) is 35.9 Å². The van der Waals surface area contributed by atoms with E-state index in [9.17, 15) is 9.59 Å². The molecule has 3 N–H and O–H groups in total. The highest BCUT2D eigenvalue weighted by Gasteiger charge is 2.35. The first-order chi connectivity index (χ1) is 13.1. The second-order valence-corrected chi connectivity index (χ2v) is 6.71. The van der Waals surface area contributed by atoms with Crippen LogP contribution >= 0.6 is 12.4 Å². The molecule has 1 heterocycles. The lowest BCUT2D eigenvalue weighted by Crippen LogP contribution is -2.41. The molecule has 0 spiro atoms. The molecule has 1 atom stereocenters. The number of nitrogens with one attached hydrogen (secondary N) is 1. The molecular formula is C21H26ClN3O3. The van der Waals surface area contributed by atoms with Crippen LogP contribution in [0, 0.1) is 6.92 Å². The number of anilines is 1. The summed E-state index contributed by atoms with van der Waals surface area (Å²) in [5.74, 6) is 0.556. The summed E-state index contributed by atoms with van der Waals surface area (Å²) in [6, 6.07) is 14.7. The molecule has 2 aromatic carbocycles. The molecule has 0 bridgehead atoms. The first kappa shape index (κ1) is 21.7. The van der Waals surface area contributed by atoms with Gasteiger partial charge in [-0.05, 0) is 43.2 Å². The number of carbonyl (C=O) groups excluding carboxylic acids is 2. The van der Waals surface area contributed by atoms with Gasteiger partial charge in [0, 0.05) is 25.2 Å². The lowest BCUT2D eigenvalue weighted by atomic mass is 10.1. The molecule has 7 heteroatoms. The first-order valence-corrected chi connectivity index (χ1v) is 9.15. The van der Waals surface area contributed by atoms with Crippen molar-refractivity contribution < 1.29 is 14.3 Å². The molecule has 2 amide bonds. The SMILES string of the molecule is Cc1ccc(CN2C(=O)CCC2C(=O)Nc2ccc(OCCN)cc2)cc1.Cl. The Balaban J connectivity index is 0.00000280. The normalized spacial score (nSPS) is 15.9. The molecular weight excluding hydrogens is 378 g/mol. The molecule has 0 aromatic heterocycles. The molecule has 1 aliphatic heterocycles. The van der Waals surface area contributed by atoms with Gasteiger partial charge in [0.05, 0.1) is 0 Å². The van der Waals surface area contributed by atoms with E-state index in [4.69, 9.17) is 10.5 Å². The second kappa shape index (κ2) is 10.1. The Labute approximate surface area is 171 Å². The zero-order valence-corrected chi connectivity index (χ0v) is 16.7. The largest absolute Gasteiger partial charge is 0.492 e. The van der Waals surface area contributed by atoms with Crippen LogP contribution in [0.2, 0.25) is 0 Å². The molecule has 1 saturated heterocycles. The molecule has 3 rings (SSSR count). The van der Waals surface area contributed by atoms with Gasteiger partial charge < -0.3 is 20.7 Å². The zero-order chi connectivity index (χ0) is 19.2. The molecule has 2 aromatic rings. The number of hydrogen-bond donors (Lipinski definition) is 2. The van der Waals surface area contributed by atoms with E-state index in [1.54, 1.807) is 29.2 Å². The number of halogens is 1. The number of amides is 2. The van der Waals surface area contributed by atoms with Crippen molar-refractivity contribution in [1.29, 1.82) is 0 Å². The molecule has 1 unspecified atom stereocenters. The van der Waals surface area contributed by atoms with E-state index in [2.05, 4.69) is 5.32 Å². The van der Waals surface area contributed by atoms with Crippen LogP contribution in [0.4, 0.5) is 5.69 Å². The van der Waals surface area contributed by atoms with Crippen LogP contribution in [0.1, 0.15) is 24.0 Å². The summed E-state index contributed by atoms with van der Waals surface area (Å²) < 4.78 is 5.43. The molecule has 6 nitrogen and oxygen atoms in total. The molecule has 0 radical (unpaired) electrons. The molecule has 1 aliphatic rings. The van der Waals surface area contributed by atoms with Crippen LogP contribution in [0.3, 0.4) is 0 Å². The Bertz CT molecular complexity index is 794. The maximum Gasteiger partial charge on any atom is 0.247 e. The van der Waals surface area contributed by atoms with Gasteiger partial charge in [0.2, 0.25) is 11.8 Å². The highest BCUT2D eigenvalue weighted by atomic mass is 35.5. The monoisotopic (exact) mass is 403 g/mol. The summed E-state index contributed by atoms with van der Waals surface area (Å²) in [5, 5.41) is 2.90. The van der Waals surface area contributed by atoms with Gasteiger partial charge in [0.1, 0.15) is 18.4 Å². The number of nitrogens with two attached hydrogens (primary N) is 1. The minimum Gasteiger partial charge on any atom is -0.492 e. The number of ether oxygens (including phenoxy) is 1. The molecule has 28 heavy (non-hydrogen) atoms. The summed E-state index contributed by atoms with van der Waals surface area (Å²) in [6.07, 6.45) is 0.935. The van der Waals surface area contributed by atoms with Crippen LogP contribution in [0.25, 0.3) is 0 Å². The molecule has 1 fully saturated rings. The van der Waals surface area contributed by atoms with Crippen molar-refractivity contribution in [3.05, 3.63) is 59.7 Å². The van der Waals surface area contributed by atoms with Crippen LogP contribution in [-0.2, 0) is 16.1 Å². The molecule has 0 saturated carbocycles. The van der Waals surface area contributed by atoms with Gasteiger partial charge in [-0.3, -0.25) is 9.59 Å². The van der Waals surface area contributed by atoms with Gasteiger partial charge in [-0.2, -0.15) is 0 Å². The van der Waals surface area contributed by atoms with E-state index in [-0.39, 0.29) is 24.2 Å². The van der Waals surface area contributed by atoms with E-state index < -0.39 is 6.04 Å². The zero-order valence-electron chi connectivity index (χ0n) is 15.9. The van der Waals surface area contributed by atoms with Crippen molar-refractivity contribution in [2.24, 2.45) is 5.73 Å². The van der Waals surface area contributed by atoms with Gasteiger partial charge in [0.25, 0.3) is 0 Å². The van der Waals surface area contributed by atoms with Gasteiger partial charge >= 0.3 is 0 Å². The van der Waals surface area contributed by atoms with E-state index in [1.165, 1.54) is 5.56 Å².